The first kappa shape index (κ1) is 20.8. The molecule has 154 valence electrons. The van der Waals surface area contributed by atoms with Crippen LogP contribution in [-0.2, 0) is 16.5 Å². The molecule has 0 aliphatic carbocycles. The molecular weight excluding hydrogens is 409 g/mol. The van der Waals surface area contributed by atoms with Gasteiger partial charge in [0.05, 0.1) is 28.2 Å². The Morgan fingerprint density at radius 3 is 2.62 bits per heavy atom. The lowest BCUT2D eigenvalue weighted by atomic mass is 10.1. The number of tetrazole rings is 1. The first-order valence-electron chi connectivity index (χ1n) is 8.33. The fourth-order valence-electron chi connectivity index (χ4n) is 2.35. The fourth-order valence-corrected chi connectivity index (χ4v) is 3.21. The van der Waals surface area contributed by atoms with E-state index in [9.17, 15) is 18.0 Å². The summed E-state index contributed by atoms with van der Waals surface area (Å²) in [6.45, 7) is 5.71. The Balaban J connectivity index is 1.80. The maximum Gasteiger partial charge on any atom is 0.416 e. The van der Waals surface area contributed by atoms with Crippen LogP contribution in [0.3, 0.4) is 0 Å². The molecule has 0 fully saturated rings. The van der Waals surface area contributed by atoms with Crippen LogP contribution in [-0.4, -0.2) is 46.6 Å². The number of carbonyl (C=O) groups is 1. The van der Waals surface area contributed by atoms with Gasteiger partial charge in [-0.25, -0.2) is 14.3 Å². The first-order chi connectivity index (χ1) is 13.6. The molecule has 0 atom stereocenters. The van der Waals surface area contributed by atoms with Crippen molar-refractivity contribution < 1.29 is 18.0 Å². The summed E-state index contributed by atoms with van der Waals surface area (Å²) in [5.41, 5.74) is -1.05. The van der Waals surface area contributed by atoms with Gasteiger partial charge in [-0.3, -0.25) is 4.79 Å². The number of carbonyl (C=O) groups excluding carboxylic acids is 1. The molecular formula is C16H17F3N8OS. The third-order valence-corrected chi connectivity index (χ3v) is 4.59. The predicted molar refractivity (Wildman–Crippen MR) is 98.5 cm³/mol. The summed E-state index contributed by atoms with van der Waals surface area (Å²) in [5, 5.41) is 18.2. The second kappa shape index (κ2) is 7.81. The van der Waals surface area contributed by atoms with Crippen LogP contribution >= 0.6 is 11.8 Å². The Hall–Kier alpha value is -2.96. The van der Waals surface area contributed by atoms with Crippen LogP contribution in [0.5, 0.6) is 0 Å². The van der Waals surface area contributed by atoms with Crippen molar-refractivity contribution in [3.63, 3.8) is 0 Å². The normalized spacial score (nSPS) is 12.2. The largest absolute Gasteiger partial charge is 0.416 e. The van der Waals surface area contributed by atoms with Gasteiger partial charge in [-0.2, -0.15) is 18.3 Å². The Morgan fingerprint density at radius 2 is 2.00 bits per heavy atom. The van der Waals surface area contributed by atoms with Crippen molar-refractivity contribution in [1.82, 2.24) is 35.0 Å². The minimum Gasteiger partial charge on any atom is -0.323 e. The smallest absolute Gasteiger partial charge is 0.323 e. The third-order valence-electron chi connectivity index (χ3n) is 3.67. The van der Waals surface area contributed by atoms with Gasteiger partial charge in [-0.1, -0.05) is 11.8 Å². The fraction of sp³-hybridized carbons (Fsp3) is 0.375. The molecule has 0 aliphatic heterocycles. The number of nitrogens with zero attached hydrogens (tertiary/aromatic N) is 7. The van der Waals surface area contributed by atoms with E-state index in [0.29, 0.717) is 5.16 Å². The highest BCUT2D eigenvalue weighted by Crippen LogP contribution is 2.33. The Kier molecular flexibility index (Phi) is 5.59. The molecule has 1 amide bonds. The molecule has 0 spiro atoms. The first-order valence-corrected chi connectivity index (χ1v) is 9.32. The Morgan fingerprint density at radius 1 is 1.24 bits per heavy atom. The number of alkyl halides is 3. The van der Waals surface area contributed by atoms with Crippen molar-refractivity contribution in [2.24, 2.45) is 0 Å². The molecule has 1 N–H and O–H groups in total. The van der Waals surface area contributed by atoms with Gasteiger partial charge in [0.15, 0.2) is 0 Å². The van der Waals surface area contributed by atoms with Gasteiger partial charge >= 0.3 is 6.18 Å². The summed E-state index contributed by atoms with van der Waals surface area (Å²) < 4.78 is 42.1. The number of halogens is 3. The van der Waals surface area contributed by atoms with E-state index >= 15 is 0 Å². The number of nitrogens with one attached hydrogen (secondary N) is 1. The van der Waals surface area contributed by atoms with Gasteiger partial charge in [0, 0.05) is 0 Å². The van der Waals surface area contributed by atoms with Gasteiger partial charge in [0.1, 0.15) is 12.7 Å². The molecule has 13 heteroatoms. The van der Waals surface area contributed by atoms with E-state index in [1.54, 1.807) is 4.68 Å². The monoisotopic (exact) mass is 426 g/mol. The molecule has 0 bridgehead atoms. The lowest BCUT2D eigenvalue weighted by molar-refractivity contribution is -0.137. The molecule has 2 heterocycles. The zero-order valence-corrected chi connectivity index (χ0v) is 16.5. The van der Waals surface area contributed by atoms with E-state index in [0.717, 1.165) is 23.9 Å². The SMILES string of the molecule is CC(C)(C)n1nnnc1SCC(=O)Nc1cc(C(F)(F)F)ccc1-n1cncn1. The van der Waals surface area contributed by atoms with Gasteiger partial charge in [-0.05, 0) is 49.4 Å². The average molecular weight is 426 g/mol. The van der Waals surface area contributed by atoms with Gasteiger partial charge in [0.25, 0.3) is 0 Å². The van der Waals surface area contributed by atoms with E-state index in [-0.39, 0.29) is 22.7 Å². The number of thioether (sulfide) groups is 1. The number of amides is 1. The van der Waals surface area contributed by atoms with Crippen molar-refractivity contribution in [2.45, 2.75) is 37.6 Å². The standard InChI is InChI=1S/C16H17F3N8OS/c1-15(2,3)27-14(23-24-25-27)29-7-13(28)22-11-6-10(16(17,18)19)4-5-12(11)26-9-20-8-21-26/h4-6,8-9H,7H2,1-3H3,(H,22,28). The van der Waals surface area contributed by atoms with E-state index in [2.05, 4.69) is 30.9 Å². The summed E-state index contributed by atoms with van der Waals surface area (Å²) in [6, 6.07) is 3.00. The van der Waals surface area contributed by atoms with Crippen LogP contribution in [0.25, 0.3) is 5.69 Å². The van der Waals surface area contributed by atoms with Crippen LogP contribution < -0.4 is 5.32 Å². The molecule has 3 aromatic rings. The summed E-state index contributed by atoms with van der Waals surface area (Å²) >= 11 is 1.08. The quantitative estimate of drug-likeness (QED) is 0.626. The number of hydrogen-bond acceptors (Lipinski definition) is 7. The average Bonchev–Trinajstić information content (AvgIpc) is 3.30. The van der Waals surface area contributed by atoms with Gasteiger partial charge in [0.2, 0.25) is 11.1 Å². The van der Waals surface area contributed by atoms with E-state index in [1.165, 1.54) is 23.4 Å². The molecule has 0 saturated carbocycles. The molecule has 1 aromatic carbocycles. The molecule has 0 saturated heterocycles. The van der Waals surface area contributed by atoms with Gasteiger partial charge < -0.3 is 5.32 Å². The van der Waals surface area contributed by atoms with Crippen molar-refractivity contribution >= 4 is 23.4 Å². The molecule has 29 heavy (non-hydrogen) atoms. The van der Waals surface area contributed by atoms with Crippen LogP contribution in [0.2, 0.25) is 0 Å². The zero-order chi connectivity index (χ0) is 21.2. The number of aromatic nitrogens is 7. The van der Waals surface area contributed by atoms with Crippen LogP contribution in [0.4, 0.5) is 18.9 Å². The summed E-state index contributed by atoms with van der Waals surface area (Å²) in [4.78, 5) is 16.2. The maximum absolute atomic E-state index is 13.1. The van der Waals surface area contributed by atoms with E-state index in [1.807, 2.05) is 20.8 Å². The number of hydrogen-bond donors (Lipinski definition) is 1. The number of rotatable bonds is 5. The summed E-state index contributed by atoms with van der Waals surface area (Å²) in [5.74, 6) is -0.608. The molecule has 0 radical (unpaired) electrons. The van der Waals surface area contributed by atoms with E-state index in [4.69, 9.17) is 0 Å². The van der Waals surface area contributed by atoms with Crippen LogP contribution in [0.15, 0.2) is 36.0 Å². The molecule has 9 nitrogen and oxygen atoms in total. The topological polar surface area (TPSA) is 103 Å². The highest BCUT2D eigenvalue weighted by Gasteiger charge is 2.31. The molecule has 0 aliphatic rings. The minimum atomic E-state index is -4.55. The van der Waals surface area contributed by atoms with Crippen molar-refractivity contribution in [1.29, 1.82) is 0 Å². The lowest BCUT2D eigenvalue weighted by Gasteiger charge is -2.19. The zero-order valence-electron chi connectivity index (χ0n) is 15.7. The molecule has 3 rings (SSSR count). The van der Waals surface area contributed by atoms with Crippen molar-refractivity contribution in [2.75, 3.05) is 11.1 Å². The second-order valence-electron chi connectivity index (χ2n) is 6.95. The van der Waals surface area contributed by atoms with Crippen LogP contribution in [0, 0.1) is 0 Å². The van der Waals surface area contributed by atoms with Crippen molar-refractivity contribution in [3.8, 4) is 5.69 Å². The third kappa shape index (κ3) is 4.91. The van der Waals surface area contributed by atoms with E-state index < -0.39 is 17.6 Å². The Bertz CT molecular complexity index is 995. The minimum absolute atomic E-state index is 0.0358. The molecule has 0 unspecified atom stereocenters. The van der Waals surface area contributed by atoms with Crippen LogP contribution in [0.1, 0.15) is 26.3 Å². The maximum atomic E-state index is 13.1. The number of anilines is 1. The van der Waals surface area contributed by atoms with Crippen molar-refractivity contribution in [3.05, 3.63) is 36.4 Å². The van der Waals surface area contributed by atoms with Gasteiger partial charge in [-0.15, -0.1) is 5.10 Å². The number of benzene rings is 1. The Labute approximate surface area is 167 Å². The summed E-state index contributed by atoms with van der Waals surface area (Å²) in [7, 11) is 0. The molecule has 2 aromatic heterocycles. The highest BCUT2D eigenvalue weighted by molar-refractivity contribution is 7.99. The summed E-state index contributed by atoms with van der Waals surface area (Å²) in [6.07, 6.45) is -1.99. The lowest BCUT2D eigenvalue weighted by Crippen LogP contribution is -2.25. The predicted octanol–water partition coefficient (Wildman–Crippen LogP) is 2.76. The highest BCUT2D eigenvalue weighted by atomic mass is 32.2. The second-order valence-corrected chi connectivity index (χ2v) is 7.89.